The monoisotopic (exact) mass is 430 g/mol. The maximum absolute atomic E-state index is 12.7. The van der Waals surface area contributed by atoms with Gasteiger partial charge in [0.05, 0.1) is 10.7 Å². The summed E-state index contributed by atoms with van der Waals surface area (Å²) >= 11 is 7.21. The van der Waals surface area contributed by atoms with E-state index in [0.29, 0.717) is 21.2 Å². The number of hydrogen-bond acceptors (Lipinski definition) is 5. The molecule has 2 heterocycles. The maximum atomic E-state index is 12.7. The zero-order chi connectivity index (χ0) is 21.1. The Morgan fingerprint density at radius 3 is 2.45 bits per heavy atom. The van der Waals surface area contributed by atoms with Crippen LogP contribution in [0.15, 0.2) is 30.3 Å². The fourth-order valence-corrected chi connectivity index (χ4v) is 4.25. The van der Waals surface area contributed by atoms with Crippen LogP contribution >= 0.6 is 22.9 Å². The van der Waals surface area contributed by atoms with Crippen LogP contribution in [0.1, 0.15) is 47.7 Å². The van der Waals surface area contributed by atoms with E-state index in [1.54, 1.807) is 6.92 Å². The summed E-state index contributed by atoms with van der Waals surface area (Å²) in [7, 11) is 0. The van der Waals surface area contributed by atoms with E-state index in [1.807, 2.05) is 51.1 Å². The van der Waals surface area contributed by atoms with Gasteiger partial charge in [0.2, 0.25) is 5.78 Å². The van der Waals surface area contributed by atoms with Gasteiger partial charge in [-0.25, -0.2) is 9.78 Å². The number of thiazole rings is 1. The van der Waals surface area contributed by atoms with Gasteiger partial charge in [-0.1, -0.05) is 23.7 Å². The molecule has 5 nitrogen and oxygen atoms in total. The lowest BCUT2D eigenvalue weighted by Gasteiger charge is -2.10. The molecule has 3 rings (SSSR count). The molecule has 7 heteroatoms. The number of ketones is 1. The van der Waals surface area contributed by atoms with E-state index in [9.17, 15) is 9.59 Å². The zero-order valence-corrected chi connectivity index (χ0v) is 18.5. The molecular formula is C22H23ClN2O3S. The first kappa shape index (κ1) is 21.3. The molecule has 0 radical (unpaired) electrons. The van der Waals surface area contributed by atoms with Crippen LogP contribution in [0, 0.1) is 27.7 Å². The topological polar surface area (TPSA) is 61.2 Å². The number of ether oxygens (including phenoxy) is 1. The number of halogens is 1. The van der Waals surface area contributed by atoms with Gasteiger partial charge in [-0.3, -0.25) is 4.79 Å². The molecule has 0 aliphatic heterocycles. The summed E-state index contributed by atoms with van der Waals surface area (Å²) in [6.45, 7) is 7.96. The van der Waals surface area contributed by atoms with Gasteiger partial charge in [-0.15, -0.1) is 11.3 Å². The fourth-order valence-electron chi connectivity index (χ4n) is 3.31. The van der Waals surface area contributed by atoms with Crippen LogP contribution in [-0.4, -0.2) is 27.9 Å². The number of carbonyl (C=O) groups is 2. The summed E-state index contributed by atoms with van der Waals surface area (Å²) in [5.41, 5.74) is 4.27. The molecule has 0 fully saturated rings. The first-order chi connectivity index (χ1) is 13.8. The maximum Gasteiger partial charge on any atom is 0.350 e. The van der Waals surface area contributed by atoms with Crippen LogP contribution in [0.3, 0.4) is 0 Å². The number of aromatic nitrogens is 2. The van der Waals surface area contributed by atoms with Crippen LogP contribution in [0.4, 0.5) is 0 Å². The number of aryl methyl sites for hydroxylation is 4. The van der Waals surface area contributed by atoms with Crippen molar-refractivity contribution in [3.63, 3.8) is 0 Å². The van der Waals surface area contributed by atoms with E-state index < -0.39 is 5.97 Å². The number of nitrogens with zero attached hydrogens (tertiary/aromatic N) is 2. The molecule has 0 aliphatic carbocycles. The minimum atomic E-state index is -0.502. The summed E-state index contributed by atoms with van der Waals surface area (Å²) < 4.78 is 7.35. The molecule has 0 spiro atoms. The summed E-state index contributed by atoms with van der Waals surface area (Å²) in [4.78, 5) is 29.6. The number of Topliss-reactive ketones (excluding diaryl/α,β-unsaturated/α-hetero) is 1. The third-order valence-corrected chi connectivity index (χ3v) is 6.14. The Balaban J connectivity index is 1.65. The molecule has 0 atom stereocenters. The van der Waals surface area contributed by atoms with Crippen molar-refractivity contribution in [1.82, 2.24) is 9.55 Å². The zero-order valence-electron chi connectivity index (χ0n) is 16.9. The standard InChI is InChI=1S/C22H23ClN2O3S/c1-13-11-19(15(3)25(13)10-9-17-5-7-18(23)8-6-17)20(26)12-28-22(27)21-14(2)24-16(4)29-21/h5-8,11H,9-10,12H2,1-4H3. The molecule has 0 amide bonds. The normalized spacial score (nSPS) is 10.9. The second kappa shape index (κ2) is 8.93. The van der Waals surface area contributed by atoms with Crippen molar-refractivity contribution in [2.45, 2.75) is 40.7 Å². The van der Waals surface area contributed by atoms with Crippen LogP contribution < -0.4 is 0 Å². The molecule has 1 aromatic carbocycles. The number of carbonyl (C=O) groups excluding carboxylic acids is 2. The lowest BCUT2D eigenvalue weighted by atomic mass is 10.1. The largest absolute Gasteiger partial charge is 0.453 e. The molecule has 0 N–H and O–H groups in total. The van der Waals surface area contributed by atoms with Gasteiger partial charge in [0.1, 0.15) is 4.88 Å². The highest BCUT2D eigenvalue weighted by atomic mass is 35.5. The summed E-state index contributed by atoms with van der Waals surface area (Å²) in [5.74, 6) is -0.707. The average Bonchev–Trinajstić information content (AvgIpc) is 3.17. The fraction of sp³-hybridized carbons (Fsp3) is 0.318. The molecule has 3 aromatic rings. The highest BCUT2D eigenvalue weighted by molar-refractivity contribution is 7.13. The van der Waals surface area contributed by atoms with Crippen molar-refractivity contribution in [2.75, 3.05) is 6.61 Å². The van der Waals surface area contributed by atoms with Gasteiger partial charge >= 0.3 is 5.97 Å². The smallest absolute Gasteiger partial charge is 0.350 e. The highest BCUT2D eigenvalue weighted by Gasteiger charge is 2.20. The van der Waals surface area contributed by atoms with E-state index in [0.717, 1.165) is 29.4 Å². The van der Waals surface area contributed by atoms with Crippen molar-refractivity contribution < 1.29 is 14.3 Å². The van der Waals surface area contributed by atoms with Crippen molar-refractivity contribution in [3.8, 4) is 0 Å². The van der Waals surface area contributed by atoms with Gasteiger partial charge < -0.3 is 9.30 Å². The predicted molar refractivity (Wildman–Crippen MR) is 115 cm³/mol. The Labute approximate surface area is 179 Å². The van der Waals surface area contributed by atoms with Crippen LogP contribution in [0.5, 0.6) is 0 Å². The van der Waals surface area contributed by atoms with E-state index in [1.165, 1.54) is 16.9 Å². The molecule has 29 heavy (non-hydrogen) atoms. The van der Waals surface area contributed by atoms with E-state index in [-0.39, 0.29) is 12.4 Å². The Morgan fingerprint density at radius 2 is 1.83 bits per heavy atom. The van der Waals surface area contributed by atoms with Crippen molar-refractivity contribution in [1.29, 1.82) is 0 Å². The Bertz CT molecular complexity index is 1050. The van der Waals surface area contributed by atoms with Crippen molar-refractivity contribution >= 4 is 34.7 Å². The van der Waals surface area contributed by atoms with Crippen molar-refractivity contribution in [2.24, 2.45) is 0 Å². The Kier molecular flexibility index (Phi) is 6.55. The number of hydrogen-bond donors (Lipinski definition) is 0. The first-order valence-electron chi connectivity index (χ1n) is 9.31. The lowest BCUT2D eigenvalue weighted by molar-refractivity contribution is 0.0478. The molecule has 0 saturated heterocycles. The van der Waals surface area contributed by atoms with Gasteiger partial charge in [0, 0.05) is 28.5 Å². The van der Waals surface area contributed by atoms with Gasteiger partial charge in [-0.2, -0.15) is 0 Å². The average molecular weight is 431 g/mol. The third kappa shape index (κ3) is 4.95. The van der Waals surface area contributed by atoms with Crippen LogP contribution in [0.2, 0.25) is 5.02 Å². The summed E-state index contributed by atoms with van der Waals surface area (Å²) in [6.07, 6.45) is 0.833. The quantitative estimate of drug-likeness (QED) is 0.386. The third-order valence-electron chi connectivity index (χ3n) is 4.83. The molecule has 0 aliphatic rings. The summed E-state index contributed by atoms with van der Waals surface area (Å²) in [6, 6.07) is 9.62. The highest BCUT2D eigenvalue weighted by Crippen LogP contribution is 2.20. The SMILES string of the molecule is Cc1nc(C)c(C(=O)OCC(=O)c2cc(C)n(CCc3ccc(Cl)cc3)c2C)s1. The second-order valence-electron chi connectivity index (χ2n) is 6.96. The number of rotatable bonds is 7. The predicted octanol–water partition coefficient (Wildman–Crippen LogP) is 5.11. The first-order valence-corrected chi connectivity index (χ1v) is 10.5. The second-order valence-corrected chi connectivity index (χ2v) is 8.60. The van der Waals surface area contributed by atoms with E-state index >= 15 is 0 Å². The van der Waals surface area contributed by atoms with Crippen LogP contribution in [0.25, 0.3) is 0 Å². The minimum absolute atomic E-state index is 0.205. The lowest BCUT2D eigenvalue weighted by Crippen LogP contribution is -2.15. The van der Waals surface area contributed by atoms with Crippen molar-refractivity contribution in [3.05, 3.63) is 73.4 Å². The van der Waals surface area contributed by atoms with Crippen LogP contribution in [-0.2, 0) is 17.7 Å². The Morgan fingerprint density at radius 1 is 1.14 bits per heavy atom. The number of benzene rings is 1. The summed E-state index contributed by atoms with van der Waals surface area (Å²) in [5, 5.41) is 1.51. The molecular weight excluding hydrogens is 408 g/mol. The molecule has 0 unspecified atom stereocenters. The molecule has 0 saturated carbocycles. The van der Waals surface area contributed by atoms with E-state index in [4.69, 9.17) is 16.3 Å². The number of esters is 1. The van der Waals surface area contributed by atoms with Gasteiger partial charge in [0.15, 0.2) is 6.61 Å². The minimum Gasteiger partial charge on any atom is -0.453 e. The van der Waals surface area contributed by atoms with Gasteiger partial charge in [-0.05, 0) is 57.9 Å². The van der Waals surface area contributed by atoms with E-state index in [2.05, 4.69) is 9.55 Å². The molecule has 0 bridgehead atoms. The molecule has 152 valence electrons. The molecule has 2 aromatic heterocycles. The Hall–Kier alpha value is -2.44. The van der Waals surface area contributed by atoms with Gasteiger partial charge in [0.25, 0.3) is 0 Å².